The van der Waals surface area contributed by atoms with Gasteiger partial charge in [-0.15, -0.1) is 0 Å². The molecule has 0 amide bonds. The summed E-state index contributed by atoms with van der Waals surface area (Å²) in [6.07, 6.45) is 4.66. The van der Waals surface area contributed by atoms with Crippen LogP contribution in [0.25, 0.3) is 0 Å². The third kappa shape index (κ3) is 1.77. The summed E-state index contributed by atoms with van der Waals surface area (Å²) < 4.78 is 13.5. The highest BCUT2D eigenvalue weighted by molar-refractivity contribution is 7.92. The summed E-state index contributed by atoms with van der Waals surface area (Å²) >= 11 is -0.969. The zero-order valence-corrected chi connectivity index (χ0v) is 6.07. The van der Waals surface area contributed by atoms with Crippen molar-refractivity contribution >= 4 is 11.4 Å². The quantitative estimate of drug-likeness (QED) is 0.557. The van der Waals surface area contributed by atoms with Gasteiger partial charge in [0.2, 0.25) is 0 Å². The van der Waals surface area contributed by atoms with Crippen LogP contribution in [-0.4, -0.2) is 4.55 Å². The van der Waals surface area contributed by atoms with Gasteiger partial charge in [0.05, 0.1) is 17.1 Å². The van der Waals surface area contributed by atoms with Crippen molar-refractivity contribution < 1.29 is 4.55 Å². The van der Waals surface area contributed by atoms with Gasteiger partial charge in [0.15, 0.2) is 0 Å². The summed E-state index contributed by atoms with van der Waals surface area (Å²) in [5.41, 5.74) is 1.04. The molecule has 0 saturated heterocycles. The molecule has 1 heterocycles. The SMILES string of the molecule is CCC1=CC=C[S+]([O-])N1. The summed E-state index contributed by atoms with van der Waals surface area (Å²) in [6, 6.07) is 0. The Kier molecular flexibility index (Phi) is 2.19. The van der Waals surface area contributed by atoms with Crippen molar-refractivity contribution in [1.82, 2.24) is 4.72 Å². The van der Waals surface area contributed by atoms with Crippen LogP contribution >= 0.6 is 0 Å². The molecule has 0 radical (unpaired) electrons. The summed E-state index contributed by atoms with van der Waals surface area (Å²) in [4.78, 5) is 0. The summed E-state index contributed by atoms with van der Waals surface area (Å²) in [7, 11) is 0. The van der Waals surface area contributed by atoms with Crippen molar-refractivity contribution in [3.8, 4) is 0 Å². The van der Waals surface area contributed by atoms with E-state index in [1.165, 1.54) is 0 Å². The molecule has 1 aliphatic rings. The molecule has 9 heavy (non-hydrogen) atoms. The van der Waals surface area contributed by atoms with E-state index in [1.807, 2.05) is 19.1 Å². The Bertz CT molecular complexity index is 153. The van der Waals surface area contributed by atoms with Gasteiger partial charge >= 0.3 is 0 Å². The van der Waals surface area contributed by atoms with Crippen LogP contribution in [0.4, 0.5) is 0 Å². The standard InChI is InChI=1S/C6H9NOS/c1-2-6-4-3-5-9(8)7-6/h3-5,7H,2H2,1H3. The lowest BCUT2D eigenvalue weighted by molar-refractivity contribution is 0.594. The van der Waals surface area contributed by atoms with Gasteiger partial charge in [-0.2, -0.15) is 0 Å². The van der Waals surface area contributed by atoms with Crippen LogP contribution < -0.4 is 4.72 Å². The van der Waals surface area contributed by atoms with Crippen LogP contribution in [0.3, 0.4) is 0 Å². The second kappa shape index (κ2) is 2.94. The largest absolute Gasteiger partial charge is 0.588 e. The monoisotopic (exact) mass is 143 g/mol. The molecular weight excluding hydrogens is 134 g/mol. The molecule has 0 saturated carbocycles. The smallest absolute Gasteiger partial charge is 0.144 e. The van der Waals surface area contributed by atoms with Crippen molar-refractivity contribution in [1.29, 1.82) is 0 Å². The van der Waals surface area contributed by atoms with Crippen LogP contribution in [0.2, 0.25) is 0 Å². The van der Waals surface area contributed by atoms with Crippen LogP contribution in [0, 0.1) is 0 Å². The van der Waals surface area contributed by atoms with Crippen molar-refractivity contribution in [2.24, 2.45) is 0 Å². The van der Waals surface area contributed by atoms with Crippen LogP contribution in [0.1, 0.15) is 13.3 Å². The average Bonchev–Trinajstić information content (AvgIpc) is 1.88. The molecular formula is C6H9NOS. The Hall–Kier alpha value is -0.410. The lowest BCUT2D eigenvalue weighted by Crippen LogP contribution is -2.22. The Morgan fingerprint density at radius 3 is 3.00 bits per heavy atom. The van der Waals surface area contributed by atoms with Gasteiger partial charge in [0, 0.05) is 0 Å². The van der Waals surface area contributed by atoms with E-state index in [0.29, 0.717) is 0 Å². The molecule has 50 valence electrons. The molecule has 3 heteroatoms. The first-order valence-electron chi connectivity index (χ1n) is 2.87. The maximum Gasteiger partial charge on any atom is 0.144 e. The molecule has 1 rings (SSSR count). The van der Waals surface area contributed by atoms with Gasteiger partial charge in [-0.05, 0) is 18.6 Å². The van der Waals surface area contributed by atoms with Crippen LogP contribution in [0.5, 0.6) is 0 Å². The molecule has 0 fully saturated rings. The van der Waals surface area contributed by atoms with E-state index in [-0.39, 0.29) is 0 Å². The third-order valence-electron chi connectivity index (χ3n) is 1.11. The maximum absolute atomic E-state index is 10.7. The molecule has 0 aliphatic carbocycles. The van der Waals surface area contributed by atoms with E-state index in [2.05, 4.69) is 4.72 Å². The molecule has 0 bridgehead atoms. The van der Waals surface area contributed by atoms with E-state index >= 15 is 0 Å². The van der Waals surface area contributed by atoms with Crippen LogP contribution in [-0.2, 0) is 11.4 Å². The predicted molar refractivity (Wildman–Crippen MR) is 38.8 cm³/mol. The molecule has 0 aromatic heterocycles. The molecule has 1 unspecified atom stereocenters. The highest BCUT2D eigenvalue weighted by Crippen LogP contribution is 2.05. The molecule has 0 spiro atoms. The first-order valence-corrected chi connectivity index (χ1v) is 4.09. The first kappa shape index (κ1) is 6.71. The number of rotatable bonds is 1. The van der Waals surface area contributed by atoms with Crippen molar-refractivity contribution in [3.05, 3.63) is 23.3 Å². The van der Waals surface area contributed by atoms with Gasteiger partial charge in [-0.25, -0.2) is 4.72 Å². The van der Waals surface area contributed by atoms with E-state index in [1.54, 1.807) is 5.41 Å². The number of nitrogens with one attached hydrogen (secondary N) is 1. The molecule has 1 atom stereocenters. The molecule has 1 aliphatic heterocycles. The minimum Gasteiger partial charge on any atom is -0.588 e. The van der Waals surface area contributed by atoms with E-state index in [4.69, 9.17) is 0 Å². The zero-order valence-electron chi connectivity index (χ0n) is 5.26. The van der Waals surface area contributed by atoms with Crippen molar-refractivity contribution in [2.45, 2.75) is 13.3 Å². The molecule has 0 aromatic rings. The van der Waals surface area contributed by atoms with E-state index < -0.39 is 11.4 Å². The Balaban J connectivity index is 2.55. The highest BCUT2D eigenvalue weighted by atomic mass is 32.2. The summed E-state index contributed by atoms with van der Waals surface area (Å²) in [6.45, 7) is 2.02. The molecule has 2 nitrogen and oxygen atoms in total. The van der Waals surface area contributed by atoms with Gasteiger partial charge in [0.25, 0.3) is 0 Å². The molecule has 1 N–H and O–H groups in total. The van der Waals surface area contributed by atoms with E-state index in [9.17, 15) is 4.55 Å². The van der Waals surface area contributed by atoms with Gasteiger partial charge in [-0.3, -0.25) is 0 Å². The number of hydrogen-bond donors (Lipinski definition) is 1. The lowest BCUT2D eigenvalue weighted by Gasteiger charge is -2.11. The van der Waals surface area contributed by atoms with Gasteiger partial charge in [-0.1, -0.05) is 6.92 Å². The Morgan fingerprint density at radius 1 is 1.78 bits per heavy atom. The number of hydrogen-bond acceptors (Lipinski definition) is 2. The van der Waals surface area contributed by atoms with E-state index in [0.717, 1.165) is 12.1 Å². The van der Waals surface area contributed by atoms with Crippen molar-refractivity contribution in [2.75, 3.05) is 0 Å². The minimum absolute atomic E-state index is 0.913. The number of allylic oxidation sites excluding steroid dienone is 3. The molecule has 0 aromatic carbocycles. The van der Waals surface area contributed by atoms with Crippen molar-refractivity contribution in [3.63, 3.8) is 0 Å². The normalized spacial score (nSPS) is 25.1. The fourth-order valence-corrected chi connectivity index (χ4v) is 1.37. The second-order valence-corrected chi connectivity index (χ2v) is 2.84. The lowest BCUT2D eigenvalue weighted by atomic mass is 10.3. The second-order valence-electron chi connectivity index (χ2n) is 1.77. The predicted octanol–water partition coefficient (Wildman–Crippen LogP) is 1.06. The maximum atomic E-state index is 10.7. The fraction of sp³-hybridized carbons (Fsp3) is 0.333. The summed E-state index contributed by atoms with van der Waals surface area (Å²) in [5, 5.41) is 1.62. The van der Waals surface area contributed by atoms with Gasteiger partial charge in [0.1, 0.15) is 5.41 Å². The van der Waals surface area contributed by atoms with Gasteiger partial charge < -0.3 is 4.55 Å². The fourth-order valence-electron chi connectivity index (χ4n) is 0.614. The Morgan fingerprint density at radius 2 is 2.56 bits per heavy atom. The minimum atomic E-state index is -0.969. The first-order chi connectivity index (χ1) is 4.33. The zero-order chi connectivity index (χ0) is 6.69. The highest BCUT2D eigenvalue weighted by Gasteiger charge is 2.05. The average molecular weight is 143 g/mol. The van der Waals surface area contributed by atoms with Crippen LogP contribution in [0.15, 0.2) is 23.3 Å². The topological polar surface area (TPSA) is 35.1 Å². The third-order valence-corrected chi connectivity index (χ3v) is 1.98. The Labute approximate surface area is 58.0 Å². The summed E-state index contributed by atoms with van der Waals surface area (Å²) in [5.74, 6) is 0.